The molecule has 7 nitrogen and oxygen atoms in total. The summed E-state index contributed by atoms with van der Waals surface area (Å²) in [5, 5.41) is 13.7. The van der Waals surface area contributed by atoms with Crippen molar-refractivity contribution in [3.8, 4) is 61.9 Å². The molecule has 7 aromatic carbocycles. The molecule has 64 heavy (non-hydrogen) atoms. The number of aromatic hydroxyl groups is 1. The van der Waals surface area contributed by atoms with Gasteiger partial charge in [0.2, 0.25) is 0 Å². The third-order valence-corrected chi connectivity index (χ3v) is 11.9. The first-order chi connectivity index (χ1) is 30.7. The second-order valence-electron chi connectivity index (χ2n) is 16.5. The Morgan fingerprint density at radius 3 is 1.84 bits per heavy atom. The maximum atomic E-state index is 11.5. The van der Waals surface area contributed by atoms with Gasteiger partial charge in [0.15, 0.2) is 11.4 Å². The van der Waals surface area contributed by atoms with Crippen LogP contribution >= 0.6 is 0 Å². The maximum absolute atomic E-state index is 11.5. The number of nitrogens with zero attached hydrogens (tertiary/aromatic N) is 6. The van der Waals surface area contributed by atoms with Crippen molar-refractivity contribution in [1.82, 2.24) is 19.1 Å². The fourth-order valence-corrected chi connectivity index (χ4v) is 8.90. The van der Waals surface area contributed by atoms with Crippen molar-refractivity contribution < 1.29 is 26.2 Å². The summed E-state index contributed by atoms with van der Waals surface area (Å²) in [6.45, 7) is 24.0. The molecule has 0 spiro atoms. The van der Waals surface area contributed by atoms with Crippen molar-refractivity contribution in [2.45, 2.75) is 39.5 Å². The fourth-order valence-electron chi connectivity index (χ4n) is 8.90. The SMILES string of the molecule is [C-]#[N+]c1cc([N+]#[C-])cc(-c2ccc(-c3cc(C(C)C)c(-n4c(-c5ccccc5O)nc5c(-c6[c-]c(-n7c8ccccc8c8cccnc87)ccc6)cccc54)c(C(C)C)c3)cc2)c1.[Pt]. The van der Waals surface area contributed by atoms with Crippen LogP contribution in [0.5, 0.6) is 5.75 Å². The van der Waals surface area contributed by atoms with Crippen molar-refractivity contribution in [2.75, 3.05) is 0 Å². The summed E-state index contributed by atoms with van der Waals surface area (Å²) in [6, 6.07) is 54.5. The summed E-state index contributed by atoms with van der Waals surface area (Å²) in [6.07, 6.45) is 1.83. The molecular formula is C56H41N6OPt-. The number of imidazole rings is 1. The molecule has 0 amide bonds. The topological polar surface area (TPSA) is 64.6 Å². The van der Waals surface area contributed by atoms with Crippen LogP contribution in [0.25, 0.3) is 98.8 Å². The number of phenolic OH excluding ortho intramolecular Hbond substituents is 1. The molecule has 0 unspecified atom stereocenters. The number of benzene rings is 7. The number of aromatic nitrogens is 4. The van der Waals surface area contributed by atoms with Crippen LogP contribution in [-0.4, -0.2) is 24.2 Å². The molecule has 10 aromatic rings. The number of fused-ring (bicyclic) bond motifs is 4. The molecular weight excluding hydrogens is 968 g/mol. The average molecular weight is 1010 g/mol. The minimum absolute atomic E-state index is 0. The van der Waals surface area contributed by atoms with E-state index < -0.39 is 0 Å². The Morgan fingerprint density at radius 1 is 0.578 bits per heavy atom. The van der Waals surface area contributed by atoms with Gasteiger partial charge in [-0.05, 0) is 99.4 Å². The van der Waals surface area contributed by atoms with E-state index in [4.69, 9.17) is 23.1 Å². The summed E-state index contributed by atoms with van der Waals surface area (Å²) in [5.74, 6) is 1.06. The molecule has 0 aliphatic rings. The molecule has 8 heteroatoms. The molecule has 0 aliphatic heterocycles. The number of para-hydroxylation sites is 3. The van der Waals surface area contributed by atoms with Gasteiger partial charge in [-0.1, -0.05) is 118 Å². The van der Waals surface area contributed by atoms with E-state index in [-0.39, 0.29) is 38.7 Å². The quantitative estimate of drug-likeness (QED) is 0.154. The van der Waals surface area contributed by atoms with Gasteiger partial charge in [-0.15, -0.1) is 29.8 Å². The second kappa shape index (κ2) is 16.9. The molecule has 10 rings (SSSR count). The van der Waals surface area contributed by atoms with E-state index in [9.17, 15) is 5.11 Å². The molecule has 1 N–H and O–H groups in total. The Bertz CT molecular complexity index is 3400. The average Bonchev–Trinajstić information content (AvgIpc) is 3.87. The minimum Gasteiger partial charge on any atom is -0.507 e. The van der Waals surface area contributed by atoms with Gasteiger partial charge in [-0.3, -0.25) is 4.57 Å². The number of hydrogen-bond donors (Lipinski definition) is 1. The van der Waals surface area contributed by atoms with Gasteiger partial charge in [0.05, 0.1) is 40.9 Å². The standard InChI is InChI=1S/C56H41N6O.Pt/c1-34(2)48-31-40(37-25-23-36(24-26-37)39-28-41(57-5)33-42(29-39)58-6)32-49(35(3)4)54(48)62-51-21-12-18-44(53(51)60-56(62)47-17-8-10-22-52(47)63)38-14-11-15-43(30-38)61-50-20-9-7-16-45(50)46-19-13-27-59-55(46)61;/h7-29,31-35,63H,1-4H3;/q-1;. The van der Waals surface area contributed by atoms with E-state index in [0.717, 1.165) is 88.9 Å². The van der Waals surface area contributed by atoms with E-state index in [1.165, 1.54) is 0 Å². The summed E-state index contributed by atoms with van der Waals surface area (Å²) in [4.78, 5) is 17.5. The zero-order valence-corrected chi connectivity index (χ0v) is 37.9. The van der Waals surface area contributed by atoms with E-state index in [2.05, 4.69) is 156 Å². The van der Waals surface area contributed by atoms with Crippen molar-refractivity contribution in [1.29, 1.82) is 0 Å². The molecule has 0 aliphatic carbocycles. The number of hydrogen-bond acceptors (Lipinski definition) is 3. The zero-order valence-electron chi connectivity index (χ0n) is 35.6. The Labute approximate surface area is 386 Å². The van der Waals surface area contributed by atoms with Crippen molar-refractivity contribution in [3.05, 3.63) is 198 Å². The van der Waals surface area contributed by atoms with Crippen molar-refractivity contribution in [3.63, 3.8) is 0 Å². The van der Waals surface area contributed by atoms with Gasteiger partial charge in [-0.2, -0.15) is 0 Å². The van der Waals surface area contributed by atoms with Crippen LogP contribution in [0.15, 0.2) is 158 Å². The Kier molecular flexibility index (Phi) is 11.1. The van der Waals surface area contributed by atoms with Crippen LogP contribution in [0.3, 0.4) is 0 Å². The van der Waals surface area contributed by atoms with Crippen LogP contribution in [-0.2, 0) is 21.1 Å². The summed E-state index contributed by atoms with van der Waals surface area (Å²) in [5.41, 5.74) is 15.2. The summed E-state index contributed by atoms with van der Waals surface area (Å²) >= 11 is 0. The molecule has 3 heterocycles. The zero-order chi connectivity index (χ0) is 43.4. The Morgan fingerprint density at radius 2 is 1.17 bits per heavy atom. The minimum atomic E-state index is 0. The Balaban J connectivity index is 0.00000518. The van der Waals surface area contributed by atoms with Gasteiger partial charge < -0.3 is 9.67 Å². The Hall–Kier alpha value is -7.57. The molecule has 0 atom stereocenters. The first kappa shape index (κ1) is 41.8. The van der Waals surface area contributed by atoms with E-state index in [1.807, 2.05) is 42.6 Å². The number of rotatable bonds is 8. The van der Waals surface area contributed by atoms with E-state index in [1.54, 1.807) is 12.1 Å². The first-order valence-corrected chi connectivity index (χ1v) is 21.1. The largest absolute Gasteiger partial charge is 0.507 e. The van der Waals surface area contributed by atoms with Gasteiger partial charge in [-0.25, -0.2) is 19.7 Å². The van der Waals surface area contributed by atoms with Gasteiger partial charge in [0.25, 0.3) is 0 Å². The second-order valence-corrected chi connectivity index (χ2v) is 16.5. The van der Waals surface area contributed by atoms with Gasteiger partial charge >= 0.3 is 0 Å². The third-order valence-electron chi connectivity index (χ3n) is 11.9. The fraction of sp³-hybridized carbons (Fsp3) is 0.107. The van der Waals surface area contributed by atoms with Gasteiger partial charge in [0, 0.05) is 38.0 Å². The molecule has 312 valence electrons. The van der Waals surface area contributed by atoms with Crippen LogP contribution in [0.4, 0.5) is 11.4 Å². The van der Waals surface area contributed by atoms with Crippen LogP contribution < -0.4 is 0 Å². The van der Waals surface area contributed by atoms with Crippen LogP contribution in [0.1, 0.15) is 50.7 Å². The summed E-state index contributed by atoms with van der Waals surface area (Å²) < 4.78 is 4.43. The summed E-state index contributed by atoms with van der Waals surface area (Å²) in [7, 11) is 0. The smallest absolute Gasteiger partial charge is 0.177 e. The normalized spacial score (nSPS) is 11.3. The van der Waals surface area contributed by atoms with Gasteiger partial charge in [0.1, 0.15) is 17.2 Å². The third kappa shape index (κ3) is 7.15. The predicted octanol–water partition coefficient (Wildman–Crippen LogP) is 15.0. The molecule has 0 bridgehead atoms. The van der Waals surface area contributed by atoms with E-state index in [0.29, 0.717) is 22.8 Å². The van der Waals surface area contributed by atoms with Crippen LogP contribution in [0, 0.1) is 19.2 Å². The number of phenols is 1. The van der Waals surface area contributed by atoms with Crippen molar-refractivity contribution >= 4 is 44.3 Å². The molecule has 0 saturated heterocycles. The molecule has 0 fully saturated rings. The predicted molar refractivity (Wildman–Crippen MR) is 256 cm³/mol. The number of pyridine rings is 1. The monoisotopic (exact) mass is 1010 g/mol. The van der Waals surface area contributed by atoms with Crippen LogP contribution in [0.2, 0.25) is 0 Å². The maximum Gasteiger partial charge on any atom is 0.177 e. The first-order valence-electron chi connectivity index (χ1n) is 21.1. The van der Waals surface area contributed by atoms with E-state index >= 15 is 0 Å². The molecule has 3 aromatic heterocycles. The molecule has 0 saturated carbocycles. The van der Waals surface area contributed by atoms with Crippen molar-refractivity contribution in [2.24, 2.45) is 0 Å². The molecule has 0 radical (unpaired) electrons.